The lowest BCUT2D eigenvalue weighted by molar-refractivity contribution is -0.0176. The van der Waals surface area contributed by atoms with Gasteiger partial charge in [-0.3, -0.25) is 0 Å². The standard InChI is InChI=1S/C22H29NO3/c1-13(2)17-11-10-14(3)12-18(17)26-22(25)19-15(4)23-20(21(19)24)16-8-6-5-7-9-16/h5-9,13-14,17-18,23-24H,10-12H2,1-4H3/t14-,17-,18+/m1/s1. The lowest BCUT2D eigenvalue weighted by Gasteiger charge is -2.36. The van der Waals surface area contributed by atoms with Gasteiger partial charge in [-0.15, -0.1) is 0 Å². The first-order chi connectivity index (χ1) is 12.4. The number of H-pyrrole nitrogens is 1. The predicted molar refractivity (Wildman–Crippen MR) is 103 cm³/mol. The summed E-state index contributed by atoms with van der Waals surface area (Å²) in [6, 6.07) is 9.52. The minimum Gasteiger partial charge on any atom is -0.505 e. The van der Waals surface area contributed by atoms with E-state index in [-0.39, 0.29) is 17.4 Å². The molecule has 1 heterocycles. The van der Waals surface area contributed by atoms with Gasteiger partial charge in [-0.2, -0.15) is 0 Å². The van der Waals surface area contributed by atoms with Crippen LogP contribution in [0.2, 0.25) is 0 Å². The normalized spacial score (nSPS) is 23.2. The second-order valence-electron chi connectivity index (χ2n) is 7.98. The van der Waals surface area contributed by atoms with Crippen LogP contribution in [0.15, 0.2) is 30.3 Å². The van der Waals surface area contributed by atoms with Crippen molar-refractivity contribution < 1.29 is 14.6 Å². The van der Waals surface area contributed by atoms with Gasteiger partial charge < -0.3 is 14.8 Å². The molecule has 0 bridgehead atoms. The van der Waals surface area contributed by atoms with Crippen molar-refractivity contribution in [1.29, 1.82) is 0 Å². The zero-order valence-electron chi connectivity index (χ0n) is 16.1. The molecule has 1 saturated carbocycles. The van der Waals surface area contributed by atoms with E-state index in [0.717, 1.165) is 18.4 Å². The highest BCUT2D eigenvalue weighted by Gasteiger charge is 2.35. The molecule has 2 N–H and O–H groups in total. The largest absolute Gasteiger partial charge is 0.505 e. The smallest absolute Gasteiger partial charge is 0.344 e. The summed E-state index contributed by atoms with van der Waals surface area (Å²) in [4.78, 5) is 16.0. The first kappa shape index (κ1) is 18.6. The zero-order chi connectivity index (χ0) is 18.8. The number of nitrogens with one attached hydrogen (secondary N) is 1. The number of esters is 1. The fraction of sp³-hybridized carbons (Fsp3) is 0.500. The van der Waals surface area contributed by atoms with Gasteiger partial charge in [0.15, 0.2) is 5.75 Å². The number of rotatable bonds is 4. The van der Waals surface area contributed by atoms with Gasteiger partial charge in [-0.05, 0) is 37.5 Å². The molecule has 0 unspecified atom stereocenters. The highest BCUT2D eigenvalue weighted by atomic mass is 16.5. The Bertz CT molecular complexity index is 763. The first-order valence-electron chi connectivity index (χ1n) is 9.56. The molecule has 26 heavy (non-hydrogen) atoms. The Balaban J connectivity index is 1.85. The number of carbonyl (C=O) groups excluding carboxylic acids is 1. The molecular formula is C22H29NO3. The van der Waals surface area contributed by atoms with Crippen LogP contribution in [-0.4, -0.2) is 22.2 Å². The average molecular weight is 355 g/mol. The Morgan fingerprint density at radius 3 is 2.58 bits per heavy atom. The van der Waals surface area contributed by atoms with Crippen LogP contribution in [-0.2, 0) is 4.74 Å². The lowest BCUT2D eigenvalue weighted by atomic mass is 9.75. The topological polar surface area (TPSA) is 62.3 Å². The summed E-state index contributed by atoms with van der Waals surface area (Å²) in [5.74, 6) is 0.960. The van der Waals surface area contributed by atoms with Crippen molar-refractivity contribution in [3.05, 3.63) is 41.6 Å². The van der Waals surface area contributed by atoms with Crippen LogP contribution in [0, 0.1) is 24.7 Å². The van der Waals surface area contributed by atoms with Crippen molar-refractivity contribution >= 4 is 5.97 Å². The van der Waals surface area contributed by atoms with Gasteiger partial charge in [0.25, 0.3) is 0 Å². The third-order valence-electron chi connectivity index (χ3n) is 5.65. The highest BCUT2D eigenvalue weighted by molar-refractivity contribution is 5.97. The first-order valence-corrected chi connectivity index (χ1v) is 9.56. The molecule has 0 amide bonds. The van der Waals surface area contributed by atoms with E-state index in [2.05, 4.69) is 25.8 Å². The quantitative estimate of drug-likeness (QED) is 0.730. The van der Waals surface area contributed by atoms with Crippen molar-refractivity contribution in [3.8, 4) is 17.0 Å². The summed E-state index contributed by atoms with van der Waals surface area (Å²) in [6.45, 7) is 8.39. The Morgan fingerprint density at radius 2 is 1.92 bits per heavy atom. The Morgan fingerprint density at radius 1 is 1.23 bits per heavy atom. The van der Waals surface area contributed by atoms with Crippen LogP contribution in [0.3, 0.4) is 0 Å². The molecule has 4 heteroatoms. The second kappa shape index (κ2) is 7.56. The molecule has 1 aromatic carbocycles. The summed E-state index contributed by atoms with van der Waals surface area (Å²) < 4.78 is 5.91. The molecule has 3 rings (SSSR count). The van der Waals surface area contributed by atoms with Gasteiger partial charge in [0.2, 0.25) is 0 Å². The second-order valence-corrected chi connectivity index (χ2v) is 7.98. The predicted octanol–water partition coefficient (Wildman–Crippen LogP) is 5.31. The number of aromatic hydroxyl groups is 1. The van der Waals surface area contributed by atoms with Crippen molar-refractivity contribution in [2.75, 3.05) is 0 Å². The average Bonchev–Trinajstić information content (AvgIpc) is 2.90. The van der Waals surface area contributed by atoms with Crippen LogP contribution in [0.5, 0.6) is 5.75 Å². The van der Waals surface area contributed by atoms with E-state index < -0.39 is 5.97 Å². The number of aromatic nitrogens is 1. The molecule has 0 saturated heterocycles. The van der Waals surface area contributed by atoms with Crippen molar-refractivity contribution in [2.24, 2.45) is 17.8 Å². The lowest BCUT2D eigenvalue weighted by Crippen LogP contribution is -2.35. The zero-order valence-corrected chi connectivity index (χ0v) is 16.1. The Labute approximate surface area is 155 Å². The van der Waals surface area contributed by atoms with E-state index in [1.807, 2.05) is 30.3 Å². The molecule has 2 aromatic rings. The third-order valence-corrected chi connectivity index (χ3v) is 5.65. The van der Waals surface area contributed by atoms with E-state index >= 15 is 0 Å². The van der Waals surface area contributed by atoms with Crippen LogP contribution in [0.25, 0.3) is 11.3 Å². The van der Waals surface area contributed by atoms with E-state index in [0.29, 0.717) is 29.1 Å². The van der Waals surface area contributed by atoms with Gasteiger partial charge in [-0.25, -0.2) is 4.79 Å². The number of hydrogen-bond donors (Lipinski definition) is 2. The number of aromatic amines is 1. The monoisotopic (exact) mass is 355 g/mol. The molecule has 0 spiro atoms. The van der Waals surface area contributed by atoms with Crippen LogP contribution >= 0.6 is 0 Å². The van der Waals surface area contributed by atoms with Gasteiger partial charge in [0.1, 0.15) is 11.7 Å². The molecule has 1 aliphatic rings. The number of hydrogen-bond acceptors (Lipinski definition) is 3. The van der Waals surface area contributed by atoms with Crippen LogP contribution < -0.4 is 0 Å². The third kappa shape index (κ3) is 3.64. The molecule has 1 aliphatic carbocycles. The van der Waals surface area contributed by atoms with Crippen LogP contribution in [0.4, 0.5) is 0 Å². The fourth-order valence-electron chi connectivity index (χ4n) is 4.12. The van der Waals surface area contributed by atoms with E-state index in [9.17, 15) is 9.90 Å². The van der Waals surface area contributed by atoms with Gasteiger partial charge in [-0.1, -0.05) is 57.5 Å². The van der Waals surface area contributed by atoms with E-state index in [4.69, 9.17) is 4.74 Å². The molecule has 140 valence electrons. The maximum absolute atomic E-state index is 12.9. The SMILES string of the molecule is Cc1[nH]c(-c2ccccc2)c(O)c1C(=O)O[C@H]1C[C@H](C)CC[C@@H]1C(C)C. The highest BCUT2D eigenvalue weighted by Crippen LogP contribution is 2.38. The van der Waals surface area contributed by atoms with Crippen LogP contribution in [0.1, 0.15) is 56.1 Å². The summed E-state index contributed by atoms with van der Waals surface area (Å²) in [5.41, 5.74) is 2.30. The van der Waals surface area contributed by atoms with Crippen molar-refractivity contribution in [2.45, 2.75) is 53.1 Å². The van der Waals surface area contributed by atoms with Gasteiger partial charge >= 0.3 is 5.97 Å². The molecule has 0 radical (unpaired) electrons. The summed E-state index contributed by atoms with van der Waals surface area (Å²) in [7, 11) is 0. The van der Waals surface area contributed by atoms with E-state index in [1.54, 1.807) is 6.92 Å². The number of aryl methyl sites for hydroxylation is 1. The molecule has 4 nitrogen and oxygen atoms in total. The van der Waals surface area contributed by atoms with E-state index in [1.165, 1.54) is 6.42 Å². The van der Waals surface area contributed by atoms with Crippen molar-refractivity contribution in [1.82, 2.24) is 4.98 Å². The van der Waals surface area contributed by atoms with Gasteiger partial charge in [0.05, 0.1) is 5.69 Å². The van der Waals surface area contributed by atoms with Crippen molar-refractivity contribution in [3.63, 3.8) is 0 Å². The summed E-state index contributed by atoms with van der Waals surface area (Å²) in [6.07, 6.45) is 3.08. The number of carbonyl (C=O) groups is 1. The maximum Gasteiger partial charge on any atom is 0.344 e. The Hall–Kier alpha value is -2.23. The molecule has 0 aliphatic heterocycles. The Kier molecular flexibility index (Phi) is 5.40. The fourth-order valence-corrected chi connectivity index (χ4v) is 4.12. The minimum atomic E-state index is -0.428. The molecule has 1 aromatic heterocycles. The summed E-state index contributed by atoms with van der Waals surface area (Å²) >= 11 is 0. The maximum atomic E-state index is 12.9. The number of benzene rings is 1. The summed E-state index contributed by atoms with van der Waals surface area (Å²) in [5, 5.41) is 10.7. The molecule has 3 atom stereocenters. The molecular weight excluding hydrogens is 326 g/mol. The minimum absolute atomic E-state index is 0.0244. The number of ether oxygens (including phenoxy) is 1. The molecule has 1 fully saturated rings. The van der Waals surface area contributed by atoms with Gasteiger partial charge in [0, 0.05) is 11.3 Å².